The van der Waals surface area contributed by atoms with Crippen molar-refractivity contribution in [2.75, 3.05) is 0 Å². The van der Waals surface area contributed by atoms with Crippen LogP contribution in [0.15, 0.2) is 46.6 Å². The average molecular weight is 370 g/mol. The number of hydrogen-bond acceptors (Lipinski definition) is 5. The van der Waals surface area contributed by atoms with Gasteiger partial charge in [-0.1, -0.05) is 42.3 Å². The number of nitriles is 1. The zero-order valence-corrected chi connectivity index (χ0v) is 15.5. The molecular weight excluding hydrogens is 354 g/mol. The van der Waals surface area contributed by atoms with Crippen LogP contribution in [0.4, 0.5) is 0 Å². The van der Waals surface area contributed by atoms with Crippen molar-refractivity contribution in [1.29, 1.82) is 5.26 Å². The fourth-order valence-electron chi connectivity index (χ4n) is 2.44. The minimum atomic E-state index is 0.215. The van der Waals surface area contributed by atoms with Gasteiger partial charge in [0.05, 0.1) is 5.02 Å². The molecule has 2 heterocycles. The summed E-state index contributed by atoms with van der Waals surface area (Å²) in [4.78, 5) is 4.27. The summed E-state index contributed by atoms with van der Waals surface area (Å²) in [6.07, 6.45) is 0.960. The highest BCUT2D eigenvalue weighted by Gasteiger charge is 2.16. The minimum Gasteiger partial charge on any atom is -0.302 e. The van der Waals surface area contributed by atoms with Crippen LogP contribution in [-0.4, -0.2) is 19.7 Å². The first-order chi connectivity index (χ1) is 12.1. The van der Waals surface area contributed by atoms with Crippen molar-refractivity contribution in [1.82, 2.24) is 19.7 Å². The molecule has 3 rings (SSSR count). The molecule has 0 spiro atoms. The molecule has 7 heteroatoms. The molecule has 3 aromatic rings. The van der Waals surface area contributed by atoms with Gasteiger partial charge in [-0.05, 0) is 43.3 Å². The van der Waals surface area contributed by atoms with Crippen LogP contribution in [0.1, 0.15) is 24.6 Å². The van der Waals surface area contributed by atoms with Crippen LogP contribution in [0.5, 0.6) is 0 Å². The standard InChI is InChI=1S/C18H16ClN5S/c1-3-9-24-17(13-6-4-5-12(2)10-13)22-23-18(24)25-16-8-7-14(19)15(11-20)21-16/h4-8,10H,3,9H2,1-2H3. The molecule has 0 saturated carbocycles. The lowest BCUT2D eigenvalue weighted by Crippen LogP contribution is -2.02. The Morgan fingerprint density at radius 3 is 2.80 bits per heavy atom. The Morgan fingerprint density at radius 2 is 2.08 bits per heavy atom. The summed E-state index contributed by atoms with van der Waals surface area (Å²) in [7, 11) is 0. The van der Waals surface area contributed by atoms with Crippen LogP contribution in [-0.2, 0) is 6.54 Å². The number of halogens is 1. The van der Waals surface area contributed by atoms with E-state index in [-0.39, 0.29) is 5.69 Å². The summed E-state index contributed by atoms with van der Waals surface area (Å²) >= 11 is 7.33. The third kappa shape index (κ3) is 3.84. The van der Waals surface area contributed by atoms with Gasteiger partial charge >= 0.3 is 0 Å². The highest BCUT2D eigenvalue weighted by atomic mass is 35.5. The van der Waals surface area contributed by atoms with Crippen molar-refractivity contribution in [3.8, 4) is 17.5 Å². The molecule has 0 fully saturated rings. The van der Waals surface area contributed by atoms with Gasteiger partial charge < -0.3 is 4.57 Å². The molecule has 0 aliphatic carbocycles. The molecule has 0 radical (unpaired) electrons. The molecule has 0 unspecified atom stereocenters. The van der Waals surface area contributed by atoms with Crippen molar-refractivity contribution >= 4 is 23.4 Å². The summed E-state index contributed by atoms with van der Waals surface area (Å²) in [5.74, 6) is 0.836. The van der Waals surface area contributed by atoms with Gasteiger partial charge in [0.1, 0.15) is 11.1 Å². The zero-order chi connectivity index (χ0) is 17.8. The summed E-state index contributed by atoms with van der Waals surface area (Å²) < 4.78 is 2.09. The maximum absolute atomic E-state index is 9.09. The number of rotatable bonds is 5. The van der Waals surface area contributed by atoms with E-state index in [0.29, 0.717) is 10.0 Å². The second-order valence-corrected chi connectivity index (χ2v) is 6.92. The van der Waals surface area contributed by atoms with Crippen molar-refractivity contribution in [3.05, 3.63) is 52.7 Å². The molecule has 0 aliphatic rings. The van der Waals surface area contributed by atoms with E-state index in [2.05, 4.69) is 45.7 Å². The molecule has 5 nitrogen and oxygen atoms in total. The number of pyridine rings is 1. The van der Waals surface area contributed by atoms with Crippen molar-refractivity contribution < 1.29 is 0 Å². The van der Waals surface area contributed by atoms with Crippen molar-refractivity contribution in [3.63, 3.8) is 0 Å². The Bertz CT molecular complexity index is 945. The normalized spacial score (nSPS) is 10.6. The first kappa shape index (κ1) is 17.5. The van der Waals surface area contributed by atoms with Crippen LogP contribution in [0.2, 0.25) is 5.02 Å². The van der Waals surface area contributed by atoms with Gasteiger partial charge in [0.2, 0.25) is 0 Å². The molecule has 0 aliphatic heterocycles. The number of benzene rings is 1. The third-order valence-electron chi connectivity index (χ3n) is 3.56. The van der Waals surface area contributed by atoms with Crippen LogP contribution in [0.3, 0.4) is 0 Å². The summed E-state index contributed by atoms with van der Waals surface area (Å²) in [5.41, 5.74) is 2.43. The van der Waals surface area contributed by atoms with Gasteiger partial charge in [0.15, 0.2) is 16.7 Å². The molecule has 1 aromatic carbocycles. The van der Waals surface area contributed by atoms with Gasteiger partial charge in [-0.25, -0.2) is 4.98 Å². The predicted octanol–water partition coefficient (Wildman–Crippen LogP) is 4.73. The molecule has 126 valence electrons. The monoisotopic (exact) mass is 369 g/mol. The molecular formula is C18H16ClN5S. The van der Waals surface area contributed by atoms with E-state index in [1.165, 1.54) is 17.3 Å². The second kappa shape index (κ2) is 7.68. The van der Waals surface area contributed by atoms with Gasteiger partial charge in [-0.15, -0.1) is 10.2 Å². The van der Waals surface area contributed by atoms with E-state index in [0.717, 1.165) is 29.5 Å². The van der Waals surface area contributed by atoms with E-state index in [4.69, 9.17) is 16.9 Å². The van der Waals surface area contributed by atoms with E-state index < -0.39 is 0 Å². The van der Waals surface area contributed by atoms with Crippen molar-refractivity contribution in [2.24, 2.45) is 0 Å². The lowest BCUT2D eigenvalue weighted by atomic mass is 10.1. The second-order valence-electron chi connectivity index (χ2n) is 5.52. The predicted molar refractivity (Wildman–Crippen MR) is 98.6 cm³/mol. The lowest BCUT2D eigenvalue weighted by Gasteiger charge is -2.09. The zero-order valence-electron chi connectivity index (χ0n) is 13.9. The Morgan fingerprint density at radius 1 is 1.24 bits per heavy atom. The summed E-state index contributed by atoms with van der Waals surface area (Å²) in [6, 6.07) is 13.7. The maximum Gasteiger partial charge on any atom is 0.197 e. The topological polar surface area (TPSA) is 67.4 Å². The number of aryl methyl sites for hydroxylation is 1. The third-order valence-corrected chi connectivity index (χ3v) is 4.79. The Labute approximate surface area is 155 Å². The largest absolute Gasteiger partial charge is 0.302 e. The fraction of sp³-hybridized carbons (Fsp3) is 0.222. The van der Waals surface area contributed by atoms with E-state index in [1.807, 2.05) is 18.2 Å². The van der Waals surface area contributed by atoms with Crippen LogP contribution in [0, 0.1) is 18.3 Å². The maximum atomic E-state index is 9.09. The van der Waals surface area contributed by atoms with Gasteiger partial charge in [0.25, 0.3) is 0 Å². The Kier molecular flexibility index (Phi) is 5.37. The number of aromatic nitrogens is 4. The van der Waals surface area contributed by atoms with Gasteiger partial charge in [-0.2, -0.15) is 5.26 Å². The molecule has 0 N–H and O–H groups in total. The van der Waals surface area contributed by atoms with E-state index in [9.17, 15) is 0 Å². The Hall–Kier alpha value is -2.36. The van der Waals surface area contributed by atoms with Crippen LogP contribution < -0.4 is 0 Å². The number of nitrogens with zero attached hydrogens (tertiary/aromatic N) is 5. The fourth-order valence-corrected chi connectivity index (χ4v) is 3.42. The average Bonchev–Trinajstić information content (AvgIpc) is 2.99. The summed E-state index contributed by atoms with van der Waals surface area (Å²) in [6.45, 7) is 4.97. The van der Waals surface area contributed by atoms with Crippen LogP contribution in [0.25, 0.3) is 11.4 Å². The molecule has 2 aromatic heterocycles. The molecule has 0 atom stereocenters. The Balaban J connectivity index is 1.99. The van der Waals surface area contributed by atoms with E-state index in [1.54, 1.807) is 12.1 Å². The molecule has 25 heavy (non-hydrogen) atoms. The highest BCUT2D eigenvalue weighted by Crippen LogP contribution is 2.30. The minimum absolute atomic E-state index is 0.215. The summed E-state index contributed by atoms with van der Waals surface area (Å²) in [5, 5.41) is 19.6. The SMILES string of the molecule is CCCn1c(Sc2ccc(Cl)c(C#N)n2)nnc1-c1cccc(C)c1. The highest BCUT2D eigenvalue weighted by molar-refractivity contribution is 7.99. The quantitative estimate of drug-likeness (QED) is 0.650. The smallest absolute Gasteiger partial charge is 0.197 e. The van der Waals surface area contributed by atoms with Gasteiger partial charge in [0, 0.05) is 12.1 Å². The molecule has 0 amide bonds. The lowest BCUT2D eigenvalue weighted by molar-refractivity contribution is 0.626. The molecule has 0 bridgehead atoms. The first-order valence-electron chi connectivity index (χ1n) is 7.87. The van der Waals surface area contributed by atoms with Gasteiger partial charge in [-0.3, -0.25) is 0 Å². The number of hydrogen-bond donors (Lipinski definition) is 0. The van der Waals surface area contributed by atoms with Crippen molar-refractivity contribution in [2.45, 2.75) is 37.0 Å². The molecule has 0 saturated heterocycles. The van der Waals surface area contributed by atoms with E-state index >= 15 is 0 Å². The first-order valence-corrected chi connectivity index (χ1v) is 9.06. The van der Waals surface area contributed by atoms with Crippen LogP contribution >= 0.6 is 23.4 Å².